The molecular formula is C18H14F3NO2S. The highest BCUT2D eigenvalue weighted by Crippen LogP contribution is 2.29. The number of alkyl halides is 2. The molecule has 0 aliphatic rings. The van der Waals surface area contributed by atoms with Crippen molar-refractivity contribution in [2.75, 3.05) is 0 Å². The molecule has 1 heterocycles. The van der Waals surface area contributed by atoms with Crippen LogP contribution in [-0.4, -0.2) is 12.5 Å². The Bertz CT molecular complexity index is 910. The van der Waals surface area contributed by atoms with Gasteiger partial charge in [0.1, 0.15) is 11.6 Å². The Hall–Kier alpha value is -2.54. The van der Waals surface area contributed by atoms with Crippen molar-refractivity contribution in [3.8, 4) is 5.75 Å². The standard InChI is InChI=1S/C18H14F3NO2S/c1-10(11-5-2-3-7-14(11)24-18(20)21)22-17(23)16-9-12-13(19)6-4-8-15(12)25-16/h2-10,18H,1H3,(H,22,23). The molecule has 0 bridgehead atoms. The third-order valence-corrected chi connectivity index (χ3v) is 4.78. The minimum absolute atomic E-state index is 0.00712. The van der Waals surface area contributed by atoms with Crippen molar-refractivity contribution in [2.24, 2.45) is 0 Å². The van der Waals surface area contributed by atoms with E-state index in [0.29, 0.717) is 20.5 Å². The first-order valence-electron chi connectivity index (χ1n) is 7.48. The molecular weight excluding hydrogens is 351 g/mol. The maximum atomic E-state index is 13.8. The molecule has 0 radical (unpaired) electrons. The maximum absolute atomic E-state index is 13.8. The Morgan fingerprint density at radius 3 is 2.64 bits per heavy atom. The van der Waals surface area contributed by atoms with Crippen LogP contribution in [0.5, 0.6) is 5.75 Å². The van der Waals surface area contributed by atoms with Gasteiger partial charge in [-0.1, -0.05) is 24.3 Å². The van der Waals surface area contributed by atoms with E-state index in [9.17, 15) is 18.0 Å². The van der Waals surface area contributed by atoms with E-state index in [1.807, 2.05) is 0 Å². The number of hydrogen-bond donors (Lipinski definition) is 1. The third-order valence-electron chi connectivity index (χ3n) is 3.68. The fraction of sp³-hybridized carbons (Fsp3) is 0.167. The molecule has 0 aliphatic carbocycles. The second kappa shape index (κ2) is 7.14. The summed E-state index contributed by atoms with van der Waals surface area (Å²) in [4.78, 5) is 12.8. The van der Waals surface area contributed by atoms with Crippen LogP contribution in [0.3, 0.4) is 0 Å². The van der Waals surface area contributed by atoms with E-state index >= 15 is 0 Å². The Morgan fingerprint density at radius 2 is 1.92 bits per heavy atom. The van der Waals surface area contributed by atoms with Crippen LogP contribution in [0.15, 0.2) is 48.5 Å². The number of benzene rings is 2. The van der Waals surface area contributed by atoms with Crippen LogP contribution in [0, 0.1) is 5.82 Å². The van der Waals surface area contributed by atoms with Crippen LogP contribution in [0.4, 0.5) is 13.2 Å². The van der Waals surface area contributed by atoms with E-state index in [2.05, 4.69) is 10.1 Å². The molecule has 1 aromatic heterocycles. The summed E-state index contributed by atoms with van der Waals surface area (Å²) < 4.78 is 43.9. The van der Waals surface area contributed by atoms with Crippen LogP contribution in [0.1, 0.15) is 28.2 Å². The van der Waals surface area contributed by atoms with E-state index in [1.165, 1.54) is 29.5 Å². The van der Waals surface area contributed by atoms with Crippen molar-refractivity contribution >= 4 is 27.3 Å². The van der Waals surface area contributed by atoms with Gasteiger partial charge in [0, 0.05) is 15.6 Å². The third kappa shape index (κ3) is 3.76. The monoisotopic (exact) mass is 365 g/mol. The molecule has 130 valence electrons. The Balaban J connectivity index is 1.81. The number of amides is 1. The van der Waals surface area contributed by atoms with Gasteiger partial charge in [0.05, 0.1) is 10.9 Å². The average Bonchev–Trinajstić information content (AvgIpc) is 3.00. The molecule has 3 rings (SSSR count). The van der Waals surface area contributed by atoms with Gasteiger partial charge >= 0.3 is 6.61 Å². The fourth-order valence-corrected chi connectivity index (χ4v) is 3.50. The van der Waals surface area contributed by atoms with E-state index in [1.54, 1.807) is 37.3 Å². The molecule has 0 fully saturated rings. The summed E-state index contributed by atoms with van der Waals surface area (Å²) >= 11 is 1.17. The lowest BCUT2D eigenvalue weighted by atomic mass is 10.1. The molecule has 1 amide bonds. The molecule has 0 saturated carbocycles. The first-order chi connectivity index (χ1) is 12.0. The number of thiophene rings is 1. The number of rotatable bonds is 5. The first-order valence-corrected chi connectivity index (χ1v) is 8.30. The molecule has 2 aromatic carbocycles. The summed E-state index contributed by atoms with van der Waals surface area (Å²) in [5, 5.41) is 3.11. The van der Waals surface area contributed by atoms with Gasteiger partial charge in [-0.3, -0.25) is 4.79 Å². The summed E-state index contributed by atoms with van der Waals surface area (Å²) in [5.41, 5.74) is 0.434. The lowest BCUT2D eigenvalue weighted by molar-refractivity contribution is -0.0506. The quantitative estimate of drug-likeness (QED) is 0.680. The molecule has 1 N–H and O–H groups in total. The van der Waals surface area contributed by atoms with E-state index in [-0.39, 0.29) is 5.75 Å². The first kappa shape index (κ1) is 17.3. The molecule has 1 atom stereocenters. The van der Waals surface area contributed by atoms with Crippen molar-refractivity contribution in [3.05, 3.63) is 64.8 Å². The van der Waals surface area contributed by atoms with Crippen molar-refractivity contribution in [1.82, 2.24) is 5.32 Å². The van der Waals surface area contributed by atoms with Crippen LogP contribution < -0.4 is 10.1 Å². The second-order valence-electron chi connectivity index (χ2n) is 5.37. The van der Waals surface area contributed by atoms with Gasteiger partial charge in [-0.25, -0.2) is 4.39 Å². The van der Waals surface area contributed by atoms with Crippen molar-refractivity contribution in [3.63, 3.8) is 0 Å². The number of ether oxygens (including phenoxy) is 1. The molecule has 25 heavy (non-hydrogen) atoms. The zero-order chi connectivity index (χ0) is 18.0. The van der Waals surface area contributed by atoms with Crippen molar-refractivity contribution in [1.29, 1.82) is 0 Å². The number of carbonyl (C=O) groups is 1. The molecule has 3 nitrogen and oxygen atoms in total. The highest BCUT2D eigenvalue weighted by atomic mass is 32.1. The zero-order valence-corrected chi connectivity index (χ0v) is 13.9. The number of para-hydroxylation sites is 1. The number of nitrogens with one attached hydrogen (secondary N) is 1. The average molecular weight is 365 g/mol. The second-order valence-corrected chi connectivity index (χ2v) is 6.46. The van der Waals surface area contributed by atoms with Crippen LogP contribution in [0.2, 0.25) is 0 Å². The Labute approximate surface area is 146 Å². The largest absolute Gasteiger partial charge is 0.434 e. The van der Waals surface area contributed by atoms with Gasteiger partial charge in [0.2, 0.25) is 0 Å². The lowest BCUT2D eigenvalue weighted by Crippen LogP contribution is -2.26. The molecule has 0 spiro atoms. The highest BCUT2D eigenvalue weighted by molar-refractivity contribution is 7.20. The molecule has 7 heteroatoms. The summed E-state index contributed by atoms with van der Waals surface area (Å²) in [6, 6.07) is 11.8. The highest BCUT2D eigenvalue weighted by Gasteiger charge is 2.19. The van der Waals surface area contributed by atoms with Gasteiger partial charge < -0.3 is 10.1 Å². The molecule has 1 unspecified atom stereocenters. The molecule has 0 aliphatic heterocycles. The predicted molar refractivity (Wildman–Crippen MR) is 90.7 cm³/mol. The van der Waals surface area contributed by atoms with Gasteiger partial charge in [-0.05, 0) is 31.2 Å². The van der Waals surface area contributed by atoms with Gasteiger partial charge in [0.25, 0.3) is 5.91 Å². The minimum atomic E-state index is -2.95. The fourth-order valence-electron chi connectivity index (χ4n) is 2.52. The van der Waals surface area contributed by atoms with Gasteiger partial charge in [0.15, 0.2) is 0 Å². The topological polar surface area (TPSA) is 38.3 Å². The number of halogens is 3. The van der Waals surface area contributed by atoms with Gasteiger partial charge in [-0.15, -0.1) is 11.3 Å². The normalized spacial score (nSPS) is 12.4. The minimum Gasteiger partial charge on any atom is -0.434 e. The predicted octanol–water partition coefficient (Wildman–Crippen LogP) is 5.13. The van der Waals surface area contributed by atoms with E-state index in [4.69, 9.17) is 0 Å². The van der Waals surface area contributed by atoms with Crippen LogP contribution in [-0.2, 0) is 0 Å². The Kier molecular flexibility index (Phi) is 4.94. The van der Waals surface area contributed by atoms with Crippen LogP contribution in [0.25, 0.3) is 10.1 Å². The smallest absolute Gasteiger partial charge is 0.387 e. The Morgan fingerprint density at radius 1 is 1.16 bits per heavy atom. The zero-order valence-electron chi connectivity index (χ0n) is 13.1. The summed E-state index contributed by atoms with van der Waals surface area (Å²) in [6.07, 6.45) is 0. The molecule has 3 aromatic rings. The number of fused-ring (bicyclic) bond motifs is 1. The summed E-state index contributed by atoms with van der Waals surface area (Å²) in [7, 11) is 0. The van der Waals surface area contributed by atoms with E-state index in [0.717, 1.165) is 0 Å². The van der Waals surface area contributed by atoms with Crippen molar-refractivity contribution in [2.45, 2.75) is 19.6 Å². The maximum Gasteiger partial charge on any atom is 0.387 e. The lowest BCUT2D eigenvalue weighted by Gasteiger charge is -2.17. The molecule has 0 saturated heterocycles. The SMILES string of the molecule is CC(NC(=O)c1cc2c(F)cccc2s1)c1ccccc1OC(F)F. The van der Waals surface area contributed by atoms with Crippen molar-refractivity contribution < 1.29 is 22.7 Å². The van der Waals surface area contributed by atoms with Gasteiger partial charge in [-0.2, -0.15) is 8.78 Å². The number of carbonyl (C=O) groups excluding carboxylic acids is 1. The van der Waals surface area contributed by atoms with E-state index < -0.39 is 24.4 Å². The number of hydrogen-bond acceptors (Lipinski definition) is 3. The van der Waals surface area contributed by atoms with Crippen LogP contribution >= 0.6 is 11.3 Å². The summed E-state index contributed by atoms with van der Waals surface area (Å²) in [6.45, 7) is -1.28. The summed E-state index contributed by atoms with van der Waals surface area (Å²) in [5.74, 6) is -0.788.